The minimum atomic E-state index is -0.637. The number of piperidine rings is 1. The summed E-state index contributed by atoms with van der Waals surface area (Å²) in [4.78, 5) is 40.4. The summed E-state index contributed by atoms with van der Waals surface area (Å²) in [5.74, 6) is 1.66. The molecule has 9 heteroatoms. The third-order valence-corrected chi connectivity index (χ3v) is 7.52. The van der Waals surface area contributed by atoms with Gasteiger partial charge in [-0.1, -0.05) is 19.4 Å². The zero-order valence-corrected chi connectivity index (χ0v) is 21.9. The van der Waals surface area contributed by atoms with Gasteiger partial charge in [0.25, 0.3) is 5.56 Å². The fourth-order valence-corrected chi connectivity index (χ4v) is 5.48. The van der Waals surface area contributed by atoms with Crippen molar-refractivity contribution in [2.24, 2.45) is 5.92 Å². The van der Waals surface area contributed by atoms with Crippen molar-refractivity contribution in [3.8, 4) is 5.75 Å². The van der Waals surface area contributed by atoms with Crippen LogP contribution in [-0.4, -0.2) is 59.2 Å². The standard InChI is InChI=1S/C27H36N4O4S/c1-3-4-13-35-22-10-8-21(9-11-22)28-26(33)23(12-14-36-2)29-27(34)30-16-19-15-20(18-30)24-6-5-7-25(32)31(24)17-19/h5-11,19-20,23H,3-4,12-18H2,1-2H3,(H,28,33)(H,29,34)/t19-,20+,23+/m1/s1. The maximum absolute atomic E-state index is 13.3. The third kappa shape index (κ3) is 6.43. The number of thioether (sulfide) groups is 1. The predicted octanol–water partition coefficient (Wildman–Crippen LogP) is 3.92. The van der Waals surface area contributed by atoms with E-state index in [0.717, 1.165) is 36.5 Å². The molecule has 1 aromatic carbocycles. The number of carbonyl (C=O) groups excluding carboxylic acids is 2. The number of benzene rings is 1. The van der Waals surface area contributed by atoms with E-state index in [-0.39, 0.29) is 29.3 Å². The number of amides is 3. The summed E-state index contributed by atoms with van der Waals surface area (Å²) in [6.07, 6.45) is 5.57. The number of anilines is 1. The van der Waals surface area contributed by atoms with Crippen LogP contribution in [0.2, 0.25) is 0 Å². The van der Waals surface area contributed by atoms with Crippen molar-refractivity contribution >= 4 is 29.4 Å². The summed E-state index contributed by atoms with van der Waals surface area (Å²) < 4.78 is 7.54. The predicted molar refractivity (Wildman–Crippen MR) is 144 cm³/mol. The average molecular weight is 513 g/mol. The second-order valence-corrected chi connectivity index (χ2v) is 10.6. The van der Waals surface area contributed by atoms with Crippen LogP contribution in [0, 0.1) is 5.92 Å². The van der Waals surface area contributed by atoms with Crippen molar-refractivity contribution in [1.82, 2.24) is 14.8 Å². The number of hydrogen-bond donors (Lipinski definition) is 2. The quantitative estimate of drug-likeness (QED) is 0.471. The van der Waals surface area contributed by atoms with Gasteiger partial charge >= 0.3 is 6.03 Å². The summed E-state index contributed by atoms with van der Waals surface area (Å²) in [5, 5.41) is 5.92. The maximum Gasteiger partial charge on any atom is 0.318 e. The minimum absolute atomic E-state index is 0.0226. The number of urea groups is 1. The summed E-state index contributed by atoms with van der Waals surface area (Å²) in [5.41, 5.74) is 1.69. The van der Waals surface area contributed by atoms with E-state index in [1.165, 1.54) is 0 Å². The second kappa shape index (κ2) is 12.3. The normalized spacial score (nSPS) is 19.2. The lowest BCUT2D eigenvalue weighted by molar-refractivity contribution is -0.118. The molecule has 0 unspecified atom stereocenters. The third-order valence-electron chi connectivity index (χ3n) is 6.88. The lowest BCUT2D eigenvalue weighted by atomic mass is 9.83. The highest BCUT2D eigenvalue weighted by Gasteiger charge is 2.37. The Bertz CT molecular complexity index is 1100. The van der Waals surface area contributed by atoms with E-state index in [1.54, 1.807) is 23.9 Å². The molecule has 3 atom stereocenters. The first-order valence-corrected chi connectivity index (χ1v) is 14.2. The van der Waals surface area contributed by atoms with E-state index in [2.05, 4.69) is 17.6 Å². The topological polar surface area (TPSA) is 92.7 Å². The van der Waals surface area contributed by atoms with Gasteiger partial charge in [0, 0.05) is 43.0 Å². The molecule has 36 heavy (non-hydrogen) atoms. The number of carbonyl (C=O) groups is 2. The number of nitrogens with one attached hydrogen (secondary N) is 2. The Kier molecular flexibility index (Phi) is 8.96. The van der Waals surface area contributed by atoms with E-state index in [9.17, 15) is 14.4 Å². The molecule has 2 aliphatic rings. The van der Waals surface area contributed by atoms with Gasteiger partial charge in [-0.3, -0.25) is 9.59 Å². The Morgan fingerprint density at radius 1 is 1.14 bits per heavy atom. The number of unbranched alkanes of at least 4 members (excludes halogenated alkanes) is 1. The highest BCUT2D eigenvalue weighted by molar-refractivity contribution is 7.98. The van der Waals surface area contributed by atoms with Gasteiger partial charge in [0.2, 0.25) is 5.91 Å². The van der Waals surface area contributed by atoms with Crippen LogP contribution in [0.3, 0.4) is 0 Å². The fraction of sp³-hybridized carbons (Fsp3) is 0.519. The van der Waals surface area contributed by atoms with Crippen molar-refractivity contribution in [3.63, 3.8) is 0 Å². The number of hydrogen-bond acceptors (Lipinski definition) is 5. The van der Waals surface area contributed by atoms with Crippen molar-refractivity contribution in [1.29, 1.82) is 0 Å². The van der Waals surface area contributed by atoms with Gasteiger partial charge in [-0.15, -0.1) is 0 Å². The van der Waals surface area contributed by atoms with Crippen LogP contribution in [0.1, 0.15) is 44.2 Å². The lowest BCUT2D eigenvalue weighted by Crippen LogP contribution is -2.55. The van der Waals surface area contributed by atoms with Crippen LogP contribution in [0.15, 0.2) is 47.3 Å². The SMILES string of the molecule is CCCCOc1ccc(NC(=O)[C@H](CCSC)NC(=O)N2C[C@H]3C[C@@H](C2)c2cccc(=O)n2C3)cc1. The Balaban J connectivity index is 1.37. The van der Waals surface area contributed by atoms with Gasteiger partial charge in [-0.2, -0.15) is 11.8 Å². The lowest BCUT2D eigenvalue weighted by Gasteiger charge is -2.43. The Morgan fingerprint density at radius 2 is 1.94 bits per heavy atom. The zero-order chi connectivity index (χ0) is 25.5. The monoisotopic (exact) mass is 512 g/mol. The number of aromatic nitrogens is 1. The van der Waals surface area contributed by atoms with Gasteiger partial charge in [-0.25, -0.2) is 4.79 Å². The van der Waals surface area contributed by atoms with E-state index in [0.29, 0.717) is 38.3 Å². The first-order chi connectivity index (χ1) is 17.5. The molecule has 3 amide bonds. The Hall–Kier alpha value is -2.94. The van der Waals surface area contributed by atoms with Gasteiger partial charge in [0.05, 0.1) is 6.61 Å². The molecule has 2 aromatic rings. The van der Waals surface area contributed by atoms with Crippen LogP contribution >= 0.6 is 11.8 Å². The molecule has 4 rings (SSSR count). The molecule has 1 aromatic heterocycles. The molecule has 8 nitrogen and oxygen atoms in total. The number of nitrogens with zero attached hydrogens (tertiary/aromatic N) is 2. The van der Waals surface area contributed by atoms with Crippen molar-refractivity contribution < 1.29 is 14.3 Å². The number of fused-ring (bicyclic) bond motifs is 4. The van der Waals surface area contributed by atoms with Gasteiger partial charge in [0.1, 0.15) is 11.8 Å². The van der Waals surface area contributed by atoms with E-state index < -0.39 is 6.04 Å². The van der Waals surface area contributed by atoms with Crippen LogP contribution in [-0.2, 0) is 11.3 Å². The fourth-order valence-electron chi connectivity index (χ4n) is 5.01. The summed E-state index contributed by atoms with van der Waals surface area (Å²) in [6.45, 7) is 4.55. The Morgan fingerprint density at radius 3 is 2.69 bits per heavy atom. The van der Waals surface area contributed by atoms with E-state index in [4.69, 9.17) is 4.74 Å². The molecule has 194 valence electrons. The maximum atomic E-state index is 13.3. The molecule has 1 saturated heterocycles. The van der Waals surface area contributed by atoms with Crippen molar-refractivity contribution in [2.75, 3.05) is 37.0 Å². The van der Waals surface area contributed by atoms with Crippen molar-refractivity contribution in [2.45, 2.75) is 51.1 Å². The molecule has 0 radical (unpaired) electrons. The van der Waals surface area contributed by atoms with Crippen LogP contribution < -0.4 is 20.9 Å². The number of ether oxygens (including phenoxy) is 1. The van der Waals surface area contributed by atoms with E-state index in [1.807, 2.05) is 46.1 Å². The molecular formula is C27H36N4O4S. The average Bonchev–Trinajstić information content (AvgIpc) is 2.88. The van der Waals surface area contributed by atoms with Crippen LogP contribution in [0.25, 0.3) is 0 Å². The highest BCUT2D eigenvalue weighted by atomic mass is 32.2. The van der Waals surface area contributed by atoms with Gasteiger partial charge < -0.3 is 24.8 Å². The molecule has 2 bridgehead atoms. The number of likely N-dealkylation sites (tertiary alicyclic amines) is 1. The Labute approximate surface area is 216 Å². The molecule has 1 fully saturated rings. The minimum Gasteiger partial charge on any atom is -0.494 e. The molecule has 2 N–H and O–H groups in total. The summed E-state index contributed by atoms with van der Waals surface area (Å²) >= 11 is 1.64. The number of pyridine rings is 1. The van der Waals surface area contributed by atoms with Gasteiger partial charge in [-0.05, 0) is 67.5 Å². The molecule has 0 aliphatic carbocycles. The molecular weight excluding hydrogens is 476 g/mol. The second-order valence-electron chi connectivity index (χ2n) is 9.60. The smallest absolute Gasteiger partial charge is 0.318 e. The molecule has 0 spiro atoms. The number of rotatable bonds is 10. The van der Waals surface area contributed by atoms with Crippen molar-refractivity contribution in [3.05, 3.63) is 58.5 Å². The summed E-state index contributed by atoms with van der Waals surface area (Å²) in [6, 6.07) is 11.8. The van der Waals surface area contributed by atoms with Crippen LogP contribution in [0.5, 0.6) is 5.75 Å². The zero-order valence-electron chi connectivity index (χ0n) is 21.1. The first kappa shape index (κ1) is 26.1. The highest BCUT2D eigenvalue weighted by Crippen LogP contribution is 2.35. The summed E-state index contributed by atoms with van der Waals surface area (Å²) in [7, 11) is 0. The molecule has 2 aliphatic heterocycles. The largest absolute Gasteiger partial charge is 0.494 e. The molecule has 0 saturated carbocycles. The molecule has 3 heterocycles. The first-order valence-electron chi connectivity index (χ1n) is 12.8. The van der Waals surface area contributed by atoms with Crippen LogP contribution in [0.4, 0.5) is 10.5 Å². The van der Waals surface area contributed by atoms with Gasteiger partial charge in [0.15, 0.2) is 0 Å². The van der Waals surface area contributed by atoms with E-state index >= 15 is 0 Å².